The molecule has 6 heteroatoms. The molecule has 5 rings (SSSR count). The fourth-order valence-electron chi connectivity index (χ4n) is 4.70. The molecule has 0 saturated carbocycles. The van der Waals surface area contributed by atoms with Crippen LogP contribution in [0.2, 0.25) is 0 Å². The van der Waals surface area contributed by atoms with Crippen LogP contribution in [0.15, 0.2) is 56.8 Å². The maximum atomic E-state index is 14.1. The number of fused-ring (bicyclic) bond motifs is 5. The second-order valence-electron chi connectivity index (χ2n) is 10.4. The van der Waals surface area contributed by atoms with Gasteiger partial charge in [-0.05, 0) is 78.3 Å². The molecule has 1 aromatic heterocycles. The molecule has 0 unspecified atom stereocenters. The quantitative estimate of drug-likeness (QED) is 0.389. The Labute approximate surface area is 209 Å². The van der Waals surface area contributed by atoms with Crippen molar-refractivity contribution in [1.29, 1.82) is 0 Å². The fraction of sp³-hybridized carbons (Fsp3) is 0.300. The van der Waals surface area contributed by atoms with E-state index in [4.69, 9.17) is 13.9 Å². The van der Waals surface area contributed by atoms with Gasteiger partial charge >= 0.3 is 0 Å². The molecule has 36 heavy (non-hydrogen) atoms. The first-order valence-corrected chi connectivity index (χ1v) is 12.0. The summed E-state index contributed by atoms with van der Waals surface area (Å²) >= 11 is 0. The zero-order valence-corrected chi connectivity index (χ0v) is 21.4. The summed E-state index contributed by atoms with van der Waals surface area (Å²) in [5.41, 5.74) is 3.43. The van der Waals surface area contributed by atoms with E-state index < -0.39 is 11.7 Å². The number of phenolic OH excluding ortho intramolecular Hbond substituents is 2. The van der Waals surface area contributed by atoms with E-state index >= 15 is 0 Å². The SMILES string of the molecule is CC(C)=CCc1c2c(c(O)c3c(=O)c4c(oc13)-c1ccc(O)cc1O[C@H]4C=C(C)C)C=CC(C)(C)O2. The summed E-state index contributed by atoms with van der Waals surface area (Å²) in [7, 11) is 0. The number of phenols is 2. The highest BCUT2D eigenvalue weighted by molar-refractivity contribution is 5.96. The van der Waals surface area contributed by atoms with Crippen LogP contribution in [0, 0.1) is 0 Å². The van der Waals surface area contributed by atoms with Gasteiger partial charge in [0, 0.05) is 11.6 Å². The number of hydrogen-bond acceptors (Lipinski definition) is 6. The van der Waals surface area contributed by atoms with Gasteiger partial charge in [0.05, 0.1) is 16.7 Å². The Balaban J connectivity index is 1.93. The second-order valence-corrected chi connectivity index (χ2v) is 10.4. The smallest absolute Gasteiger partial charge is 0.204 e. The lowest BCUT2D eigenvalue weighted by Crippen LogP contribution is -2.29. The number of benzene rings is 2. The third-order valence-corrected chi connectivity index (χ3v) is 6.40. The first-order chi connectivity index (χ1) is 17.0. The summed E-state index contributed by atoms with van der Waals surface area (Å²) in [4.78, 5) is 14.1. The van der Waals surface area contributed by atoms with Gasteiger partial charge < -0.3 is 24.1 Å². The molecule has 0 radical (unpaired) electrons. The summed E-state index contributed by atoms with van der Waals surface area (Å²) in [6.07, 6.45) is 7.27. The van der Waals surface area contributed by atoms with E-state index in [9.17, 15) is 15.0 Å². The van der Waals surface area contributed by atoms with Crippen LogP contribution in [0.1, 0.15) is 64.3 Å². The van der Waals surface area contributed by atoms with Gasteiger partial charge in [-0.2, -0.15) is 0 Å². The first kappa shape index (κ1) is 23.8. The minimum atomic E-state index is -0.734. The average molecular weight is 487 g/mol. The molecule has 6 nitrogen and oxygen atoms in total. The van der Waals surface area contributed by atoms with Crippen LogP contribution in [-0.4, -0.2) is 15.8 Å². The van der Waals surface area contributed by atoms with Crippen LogP contribution in [0.5, 0.6) is 23.0 Å². The Hall–Kier alpha value is -3.93. The molecule has 0 bridgehead atoms. The van der Waals surface area contributed by atoms with Crippen molar-refractivity contribution in [2.75, 3.05) is 0 Å². The Morgan fingerprint density at radius 3 is 2.56 bits per heavy atom. The Bertz CT molecular complexity index is 1560. The zero-order valence-electron chi connectivity index (χ0n) is 21.4. The highest BCUT2D eigenvalue weighted by Gasteiger charge is 2.35. The van der Waals surface area contributed by atoms with Gasteiger partial charge in [0.25, 0.3) is 0 Å². The molecule has 0 amide bonds. The maximum absolute atomic E-state index is 14.1. The van der Waals surface area contributed by atoms with Crippen LogP contribution >= 0.6 is 0 Å². The number of aromatic hydroxyl groups is 2. The fourth-order valence-corrected chi connectivity index (χ4v) is 4.70. The number of hydrogen-bond donors (Lipinski definition) is 2. The third kappa shape index (κ3) is 3.87. The molecule has 3 heterocycles. The molecule has 0 saturated heterocycles. The van der Waals surface area contributed by atoms with E-state index in [1.165, 1.54) is 12.1 Å². The van der Waals surface area contributed by atoms with Gasteiger partial charge in [0.15, 0.2) is 0 Å². The normalized spacial score (nSPS) is 16.8. The van der Waals surface area contributed by atoms with Crippen molar-refractivity contribution in [3.05, 3.63) is 74.5 Å². The van der Waals surface area contributed by atoms with Gasteiger partial charge in [0.2, 0.25) is 5.43 Å². The minimum absolute atomic E-state index is 0.0506. The van der Waals surface area contributed by atoms with Gasteiger partial charge in [-0.25, -0.2) is 0 Å². The summed E-state index contributed by atoms with van der Waals surface area (Å²) in [6, 6.07) is 4.72. The number of allylic oxidation sites excluding steroid dienone is 3. The van der Waals surface area contributed by atoms with Crippen LogP contribution in [0.25, 0.3) is 28.4 Å². The second kappa shape index (κ2) is 8.33. The predicted molar refractivity (Wildman–Crippen MR) is 141 cm³/mol. The van der Waals surface area contributed by atoms with Crippen molar-refractivity contribution in [2.24, 2.45) is 0 Å². The van der Waals surface area contributed by atoms with E-state index in [0.717, 1.165) is 11.1 Å². The van der Waals surface area contributed by atoms with Crippen molar-refractivity contribution < 1.29 is 24.1 Å². The predicted octanol–water partition coefficient (Wildman–Crippen LogP) is 6.96. The van der Waals surface area contributed by atoms with E-state index in [1.54, 1.807) is 12.1 Å². The molecule has 3 aromatic rings. The first-order valence-electron chi connectivity index (χ1n) is 12.0. The van der Waals surface area contributed by atoms with Gasteiger partial charge in [-0.3, -0.25) is 4.79 Å². The number of ether oxygens (including phenoxy) is 2. The Kier molecular flexibility index (Phi) is 5.51. The molecule has 2 aliphatic rings. The molecular formula is C30H30O6. The topological polar surface area (TPSA) is 89.1 Å². The van der Waals surface area contributed by atoms with Crippen molar-refractivity contribution in [3.63, 3.8) is 0 Å². The standard InChI is InChI=1S/C30H30O6/c1-15(2)7-9-20-27-19(11-12-30(5,6)36-27)25(32)24-26(33)23-22(13-16(3)4)34-21-14-17(31)8-10-18(21)28(23)35-29(20)24/h7-8,10-14,22,31-32H,9H2,1-6H3/t22-/m0/s1. The van der Waals surface area contributed by atoms with E-state index in [2.05, 4.69) is 0 Å². The lowest BCUT2D eigenvalue weighted by molar-refractivity contribution is 0.157. The van der Waals surface area contributed by atoms with E-state index in [0.29, 0.717) is 45.9 Å². The summed E-state index contributed by atoms with van der Waals surface area (Å²) in [5, 5.41) is 21.5. The molecule has 1 atom stereocenters. The molecular weight excluding hydrogens is 456 g/mol. The highest BCUT2D eigenvalue weighted by Crippen LogP contribution is 2.49. The largest absolute Gasteiger partial charge is 0.508 e. The van der Waals surface area contributed by atoms with Crippen LogP contribution in [-0.2, 0) is 6.42 Å². The molecule has 2 aliphatic heterocycles. The van der Waals surface area contributed by atoms with Gasteiger partial charge in [0.1, 0.15) is 51.4 Å². The van der Waals surface area contributed by atoms with Crippen molar-refractivity contribution in [2.45, 2.75) is 59.7 Å². The summed E-state index contributed by atoms with van der Waals surface area (Å²) < 4.78 is 19.0. The number of rotatable bonds is 3. The van der Waals surface area contributed by atoms with Crippen LogP contribution in [0.4, 0.5) is 0 Å². The summed E-state index contributed by atoms with van der Waals surface area (Å²) in [5.74, 6) is 1.17. The Morgan fingerprint density at radius 1 is 1.11 bits per heavy atom. The lowest BCUT2D eigenvalue weighted by Gasteiger charge is -2.31. The van der Waals surface area contributed by atoms with Gasteiger partial charge in [-0.15, -0.1) is 0 Å². The molecule has 2 aromatic carbocycles. The molecule has 0 aliphatic carbocycles. The van der Waals surface area contributed by atoms with Crippen molar-refractivity contribution in [1.82, 2.24) is 0 Å². The zero-order chi connectivity index (χ0) is 25.9. The average Bonchev–Trinajstić information content (AvgIpc) is 2.77. The molecule has 186 valence electrons. The van der Waals surface area contributed by atoms with E-state index in [-0.39, 0.29) is 27.9 Å². The van der Waals surface area contributed by atoms with Crippen molar-refractivity contribution >= 4 is 17.0 Å². The summed E-state index contributed by atoms with van der Waals surface area (Å²) in [6.45, 7) is 11.7. The van der Waals surface area contributed by atoms with E-state index in [1.807, 2.05) is 59.8 Å². The third-order valence-electron chi connectivity index (χ3n) is 6.40. The highest BCUT2D eigenvalue weighted by atomic mass is 16.5. The van der Waals surface area contributed by atoms with Gasteiger partial charge in [-0.1, -0.05) is 17.2 Å². The molecule has 2 N–H and O–H groups in total. The van der Waals surface area contributed by atoms with Crippen LogP contribution < -0.4 is 14.9 Å². The minimum Gasteiger partial charge on any atom is -0.508 e. The monoisotopic (exact) mass is 486 g/mol. The molecule has 0 spiro atoms. The maximum Gasteiger partial charge on any atom is 0.204 e. The van der Waals surface area contributed by atoms with Crippen LogP contribution in [0.3, 0.4) is 0 Å². The van der Waals surface area contributed by atoms with Crippen molar-refractivity contribution in [3.8, 4) is 34.3 Å². The molecule has 0 fully saturated rings. The Morgan fingerprint density at radius 2 is 1.86 bits per heavy atom. The lowest BCUT2D eigenvalue weighted by atomic mass is 9.91.